The molecule has 6 N–H and O–H groups in total. The van der Waals surface area contributed by atoms with Gasteiger partial charge in [-0.2, -0.15) is 0 Å². The lowest BCUT2D eigenvalue weighted by Crippen LogP contribution is -2.46. The summed E-state index contributed by atoms with van der Waals surface area (Å²) in [5, 5.41) is 44.2. The van der Waals surface area contributed by atoms with Gasteiger partial charge in [0.15, 0.2) is 32.5 Å². The van der Waals surface area contributed by atoms with Crippen LogP contribution < -0.4 is 16.0 Å². The lowest BCUT2D eigenvalue weighted by Gasteiger charge is -2.34. The molecule has 3 aromatic carbocycles. The van der Waals surface area contributed by atoms with Gasteiger partial charge in [-0.25, -0.2) is 56.9 Å². The number of hydrogen-bond acceptors (Lipinski definition) is 27. The van der Waals surface area contributed by atoms with Crippen molar-refractivity contribution < 1.29 is 85.7 Å². The van der Waals surface area contributed by atoms with E-state index in [-0.39, 0.29) is 45.0 Å². The Morgan fingerprint density at radius 2 is 0.804 bits per heavy atom. The fourth-order valence-corrected chi connectivity index (χ4v) is 14.4. The van der Waals surface area contributed by atoms with Gasteiger partial charge >= 0.3 is 35.8 Å². The Morgan fingerprint density at radius 3 is 1.06 bits per heavy atom. The number of aliphatic imine (C=N–C) groups is 3. The molecule has 107 heavy (non-hydrogen) atoms. The van der Waals surface area contributed by atoms with Gasteiger partial charge in [-0.05, 0) is 68.5 Å². The van der Waals surface area contributed by atoms with Crippen molar-refractivity contribution in [2.75, 3.05) is 99.0 Å². The molecule has 6 atom stereocenters. The third-order valence-corrected chi connectivity index (χ3v) is 19.8. The van der Waals surface area contributed by atoms with Crippen LogP contribution in [0.15, 0.2) is 175 Å². The maximum absolute atomic E-state index is 13.8. The number of nitrogens with zero attached hydrogens (tertiary/aromatic N) is 9. The summed E-state index contributed by atoms with van der Waals surface area (Å²) in [5.41, 5.74) is 3.74. The highest BCUT2D eigenvalue weighted by Crippen LogP contribution is 2.41. The number of hydrogen-bond donors (Lipinski definition) is 6. The molecule has 564 valence electrons. The number of ether oxygens (including phenoxy) is 6. The van der Waals surface area contributed by atoms with E-state index in [1.54, 1.807) is 37.8 Å². The van der Waals surface area contributed by atoms with Crippen LogP contribution in [-0.4, -0.2) is 216 Å². The number of carboxylic acid groups (broad SMARTS) is 3. The number of carbonyl (C=O) groups excluding carboxylic acids is 3. The second-order valence-corrected chi connectivity index (χ2v) is 27.6. The lowest BCUT2D eigenvalue weighted by molar-refractivity contribution is -0.139. The highest BCUT2D eigenvalue weighted by atomic mass is 35.5. The third-order valence-electron chi connectivity index (χ3n) is 16.5. The summed E-state index contributed by atoms with van der Waals surface area (Å²) in [7, 11) is 1.28. The average molecular weight is 1590 g/mol. The van der Waals surface area contributed by atoms with Crippen LogP contribution in [0.5, 0.6) is 0 Å². The number of nitrogens with one attached hydrogen (secondary N) is 3. The molecule has 0 aliphatic carbocycles. The summed E-state index contributed by atoms with van der Waals surface area (Å²) < 4.78 is 74.2. The zero-order chi connectivity index (χ0) is 76.3. The summed E-state index contributed by atoms with van der Waals surface area (Å²) in [6, 6.07) is 9.30. The van der Waals surface area contributed by atoms with Crippen LogP contribution in [0.4, 0.5) is 13.2 Å². The van der Waals surface area contributed by atoms with Crippen molar-refractivity contribution in [1.29, 1.82) is 0 Å². The standard InChI is InChI=1S/2C24H24ClFN4O5S.C23H22ClFN4O5S/c2*1-2-34-24(33)20-18(13-30-8-9-35-15(12-30)4-6-19(31)32)28-22(23-27-7-10-36-23)29-21(20)16-5-3-14(26)11-17(16)25;1-33-23(32)19-17(12-29-7-8-34-14(11-29)3-5-18(30)31)27-21(22-26-6-9-35-22)28-20(19)15-4-2-13(25)10-16(15)24/h2*3-7,10-11,15,21H,2,8-9,12-13H2,1H3,(H,28,29)(H,31,32);2-6,9-10,14,20H,7-8,11-12H2,1H3,(H,27,28)(H,30,31)/b2*6-4+;5-3+/t2*15-,21+;14-,20+/m111/s1. The van der Waals surface area contributed by atoms with E-state index >= 15 is 0 Å². The normalized spacial score (nSPS) is 20.9. The summed E-state index contributed by atoms with van der Waals surface area (Å²) in [4.78, 5) is 105. The molecule has 9 heterocycles. The molecule has 0 amide bonds. The van der Waals surface area contributed by atoms with E-state index in [1.807, 2.05) is 25.5 Å². The largest absolute Gasteiger partial charge is 0.478 e. The minimum atomic E-state index is -1.06. The van der Waals surface area contributed by atoms with E-state index in [0.717, 1.165) is 18.2 Å². The second-order valence-electron chi connectivity index (χ2n) is 23.7. The first-order chi connectivity index (χ1) is 51.6. The molecule has 3 saturated heterocycles. The fourth-order valence-electron chi connectivity index (χ4n) is 11.8. The smallest absolute Gasteiger partial charge is 0.338 e. The van der Waals surface area contributed by atoms with Crippen molar-refractivity contribution in [1.82, 2.24) is 45.6 Å². The number of halogens is 6. The minimum absolute atomic E-state index is 0.130. The molecule has 36 heteroatoms. The van der Waals surface area contributed by atoms with E-state index in [9.17, 15) is 41.9 Å². The van der Waals surface area contributed by atoms with E-state index in [4.69, 9.17) is 93.5 Å². The van der Waals surface area contributed by atoms with Gasteiger partial charge in [-0.15, -0.1) is 34.0 Å². The maximum Gasteiger partial charge on any atom is 0.338 e. The molecule has 0 saturated carbocycles. The minimum Gasteiger partial charge on any atom is -0.478 e. The summed E-state index contributed by atoms with van der Waals surface area (Å²) in [6.45, 7) is 8.70. The number of benzene rings is 3. The van der Waals surface area contributed by atoms with Gasteiger partial charge < -0.3 is 59.7 Å². The highest BCUT2D eigenvalue weighted by molar-refractivity contribution is 7.12. The number of morpholine rings is 3. The van der Waals surface area contributed by atoms with Crippen molar-refractivity contribution in [2.24, 2.45) is 15.0 Å². The first kappa shape index (κ1) is 80.2. The van der Waals surface area contributed by atoms with E-state index in [0.29, 0.717) is 145 Å². The van der Waals surface area contributed by atoms with Crippen molar-refractivity contribution in [3.63, 3.8) is 0 Å². The summed E-state index contributed by atoms with van der Waals surface area (Å²) in [5.74, 6) is -5.06. The molecule has 0 bridgehead atoms. The monoisotopic (exact) mass is 1590 g/mol. The van der Waals surface area contributed by atoms with Crippen LogP contribution in [0.3, 0.4) is 0 Å². The molecule has 6 aromatic rings. The number of thiazole rings is 3. The van der Waals surface area contributed by atoms with Crippen molar-refractivity contribution in [3.05, 3.63) is 224 Å². The Morgan fingerprint density at radius 1 is 0.505 bits per heavy atom. The maximum atomic E-state index is 13.8. The zero-order valence-corrected chi connectivity index (χ0v) is 62.0. The van der Waals surface area contributed by atoms with Gasteiger partial charge in [0.2, 0.25) is 0 Å². The van der Waals surface area contributed by atoms with Crippen LogP contribution in [0.25, 0.3) is 0 Å². The SMILES string of the molecule is CCOC(=O)C1=C(CN2CCO[C@H](/C=C/C(=O)O)C2)NC(c2nccs2)=N[C@H]1c1ccc(F)cc1Cl.CCOC(=O)C1=C(CN2CCO[C@H](/C=C/C(=O)O)C2)NC(c2nccs2)=N[C@H]1c1ccc(F)cc1Cl.COC(=O)C1=C(CN2CCO[C@H](/C=C/C(=O)O)C2)NC(c2nccs2)=N[C@H]1c1ccc(F)cc1Cl. The van der Waals surface area contributed by atoms with Gasteiger partial charge in [0.05, 0.1) is 75.2 Å². The van der Waals surface area contributed by atoms with Gasteiger partial charge in [0.25, 0.3) is 0 Å². The van der Waals surface area contributed by atoms with Gasteiger partial charge in [0.1, 0.15) is 35.6 Å². The van der Waals surface area contributed by atoms with E-state index in [1.165, 1.54) is 114 Å². The number of rotatable bonds is 23. The quantitative estimate of drug-likeness (QED) is 0.0198. The number of aliphatic carboxylic acids is 3. The van der Waals surface area contributed by atoms with Crippen LogP contribution in [0, 0.1) is 17.5 Å². The molecular weight excluding hydrogens is 1520 g/mol. The number of aromatic nitrogens is 3. The number of amidine groups is 3. The van der Waals surface area contributed by atoms with Crippen LogP contribution in [-0.2, 0) is 57.2 Å². The Kier molecular flexibility index (Phi) is 28.8. The molecule has 3 aromatic heterocycles. The molecule has 0 unspecified atom stereocenters. The first-order valence-corrected chi connectivity index (χ1v) is 36.8. The number of methoxy groups -OCH3 is 1. The van der Waals surface area contributed by atoms with Gasteiger partial charge in [-0.3, -0.25) is 29.7 Å². The zero-order valence-electron chi connectivity index (χ0n) is 57.2. The third kappa shape index (κ3) is 21.7. The fraction of sp³-hybridized carbons (Fsp3) is 0.324. The Hall–Kier alpha value is -9.36. The Balaban J connectivity index is 0.000000172. The molecule has 0 spiro atoms. The van der Waals surface area contributed by atoms with E-state index in [2.05, 4.69) is 30.9 Å². The van der Waals surface area contributed by atoms with E-state index < -0.39 is 89.7 Å². The van der Waals surface area contributed by atoms with Crippen LogP contribution >= 0.6 is 68.8 Å². The topological polar surface area (TPSA) is 340 Å². The van der Waals surface area contributed by atoms with Crippen molar-refractivity contribution >= 4 is 122 Å². The molecule has 0 radical (unpaired) electrons. The predicted molar refractivity (Wildman–Crippen MR) is 393 cm³/mol. The molecule has 3 fully saturated rings. The van der Waals surface area contributed by atoms with Gasteiger partial charge in [0, 0.05) is 161 Å². The number of carboxylic acids is 3. The highest BCUT2D eigenvalue weighted by Gasteiger charge is 2.39. The molecule has 12 rings (SSSR count). The van der Waals surface area contributed by atoms with Crippen LogP contribution in [0.2, 0.25) is 15.1 Å². The second kappa shape index (κ2) is 38.4. The summed E-state index contributed by atoms with van der Waals surface area (Å²) in [6.07, 6.45) is 11.3. The Bertz CT molecular complexity index is 4340. The van der Waals surface area contributed by atoms with Crippen LogP contribution in [0.1, 0.15) is 63.7 Å². The number of esters is 3. The van der Waals surface area contributed by atoms with Crippen molar-refractivity contribution in [2.45, 2.75) is 50.3 Å². The Labute approximate surface area is 637 Å². The predicted octanol–water partition coefficient (Wildman–Crippen LogP) is 9.17. The molecular formula is C71H70Cl3F3N12O15S3. The van der Waals surface area contributed by atoms with Crippen molar-refractivity contribution in [3.8, 4) is 0 Å². The lowest BCUT2D eigenvalue weighted by atomic mass is 9.95. The summed E-state index contributed by atoms with van der Waals surface area (Å²) >= 11 is 23.3. The van der Waals surface area contributed by atoms with Gasteiger partial charge in [-0.1, -0.05) is 53.0 Å². The number of carbonyl (C=O) groups is 6. The average Bonchev–Trinajstić information content (AvgIpc) is 1.75. The molecule has 6 aliphatic heterocycles. The molecule has 6 aliphatic rings. The first-order valence-electron chi connectivity index (χ1n) is 33.0. The molecule has 27 nitrogen and oxygen atoms in total.